The summed E-state index contributed by atoms with van der Waals surface area (Å²) in [5.74, 6) is 5.23. The summed E-state index contributed by atoms with van der Waals surface area (Å²) in [5, 5.41) is 0. The third-order valence-electron chi connectivity index (χ3n) is 15.7. The molecule has 4 aromatic carbocycles. The van der Waals surface area contributed by atoms with Gasteiger partial charge in [0, 0.05) is 52.6 Å². The zero-order valence-electron chi connectivity index (χ0n) is 38.7. The molecule has 0 unspecified atom stereocenters. The van der Waals surface area contributed by atoms with Gasteiger partial charge in [0.25, 0.3) is 0 Å². The summed E-state index contributed by atoms with van der Waals surface area (Å²) in [5.41, 5.74) is 14.2. The van der Waals surface area contributed by atoms with Crippen molar-refractivity contribution in [1.82, 2.24) is 29.9 Å². The summed E-state index contributed by atoms with van der Waals surface area (Å²) in [7, 11) is 0. The fourth-order valence-electron chi connectivity index (χ4n) is 11.9. The number of aromatic nitrogens is 6. The van der Waals surface area contributed by atoms with Gasteiger partial charge in [-0.15, -0.1) is 0 Å². The van der Waals surface area contributed by atoms with Gasteiger partial charge in [-0.2, -0.15) is 0 Å². The summed E-state index contributed by atoms with van der Waals surface area (Å²) in [6, 6.07) is 36.7. The van der Waals surface area contributed by atoms with E-state index in [1.807, 2.05) is 36.9 Å². The first-order valence-corrected chi connectivity index (χ1v) is 25.7. The van der Waals surface area contributed by atoms with Gasteiger partial charge in [0.1, 0.15) is 0 Å². The summed E-state index contributed by atoms with van der Waals surface area (Å²) in [6.07, 6.45) is 33.6. The van der Waals surface area contributed by atoms with Gasteiger partial charge >= 0.3 is 0 Å². The van der Waals surface area contributed by atoms with Crippen LogP contribution in [0.25, 0.3) is 67.8 Å². The van der Waals surface area contributed by atoms with Crippen LogP contribution in [-0.2, 0) is 0 Å². The average molecular weight is 869 g/mol. The second kappa shape index (κ2) is 19.9. The van der Waals surface area contributed by atoms with Crippen LogP contribution in [0.15, 0.2) is 122 Å². The van der Waals surface area contributed by atoms with E-state index in [4.69, 9.17) is 24.9 Å². The standard InChI is InChI=1S/C60H64N6/c1-5-13-41(14-6-1)45-21-25-48(26-22-45)58-64-59(49-27-23-46(24-28-49)42-15-7-2-8-16-42)66-60(65-58)55-37-53(36-54(38-55)57-62-39-56(40-63-57)47-29-31-61-32-30-47)52-34-50(43-17-9-3-10-18-43)33-51(35-52)44-19-11-4-12-20-44/h21-44H,1-20H2. The Morgan fingerprint density at radius 3 is 1.08 bits per heavy atom. The van der Waals surface area contributed by atoms with Crippen LogP contribution in [-0.4, -0.2) is 29.9 Å². The lowest BCUT2D eigenvalue weighted by atomic mass is 9.78. The Bertz CT molecular complexity index is 2590. The molecule has 0 bridgehead atoms. The predicted octanol–water partition coefficient (Wildman–Crippen LogP) is 16.2. The van der Waals surface area contributed by atoms with Gasteiger partial charge in [0.15, 0.2) is 23.3 Å². The Labute approximate surface area is 392 Å². The molecule has 4 saturated carbocycles. The number of rotatable bonds is 10. The van der Waals surface area contributed by atoms with Crippen molar-refractivity contribution in [3.8, 4) is 67.8 Å². The van der Waals surface area contributed by atoms with E-state index in [1.165, 1.54) is 156 Å². The molecule has 6 heteroatoms. The zero-order chi connectivity index (χ0) is 44.1. The highest BCUT2D eigenvalue weighted by Crippen LogP contribution is 2.42. The Morgan fingerprint density at radius 2 is 0.636 bits per heavy atom. The van der Waals surface area contributed by atoms with Crippen molar-refractivity contribution in [3.63, 3.8) is 0 Å². The number of pyridine rings is 1. The molecular formula is C60H64N6. The molecule has 4 aliphatic rings. The van der Waals surface area contributed by atoms with Gasteiger partial charge in [0.2, 0.25) is 0 Å². The molecule has 0 saturated heterocycles. The van der Waals surface area contributed by atoms with Gasteiger partial charge in [-0.05, 0) is 144 Å². The minimum absolute atomic E-state index is 0.607. The molecule has 0 atom stereocenters. The molecule has 6 nitrogen and oxygen atoms in total. The Kier molecular flexibility index (Phi) is 12.9. The molecule has 11 rings (SSSR count). The number of hydrogen-bond acceptors (Lipinski definition) is 6. The Morgan fingerprint density at radius 1 is 0.273 bits per heavy atom. The van der Waals surface area contributed by atoms with Crippen LogP contribution in [0.3, 0.4) is 0 Å². The maximum absolute atomic E-state index is 5.37. The van der Waals surface area contributed by atoms with E-state index in [0.717, 1.165) is 38.9 Å². The second-order valence-corrected chi connectivity index (χ2v) is 20.1. The smallest absolute Gasteiger partial charge is 0.164 e. The molecule has 0 aliphatic heterocycles. The average Bonchev–Trinajstić information content (AvgIpc) is 3.42. The highest BCUT2D eigenvalue weighted by Gasteiger charge is 2.24. The van der Waals surface area contributed by atoms with Crippen LogP contribution >= 0.6 is 0 Å². The molecule has 4 fully saturated rings. The van der Waals surface area contributed by atoms with Gasteiger partial charge in [-0.3, -0.25) is 4.98 Å². The van der Waals surface area contributed by atoms with Gasteiger partial charge < -0.3 is 0 Å². The van der Waals surface area contributed by atoms with Gasteiger partial charge in [0.05, 0.1) is 0 Å². The lowest BCUT2D eigenvalue weighted by Gasteiger charge is -2.27. The third-order valence-corrected chi connectivity index (χ3v) is 15.7. The lowest BCUT2D eigenvalue weighted by Crippen LogP contribution is -2.09. The second-order valence-electron chi connectivity index (χ2n) is 20.1. The van der Waals surface area contributed by atoms with Crippen LogP contribution in [0.1, 0.15) is 174 Å². The maximum Gasteiger partial charge on any atom is 0.164 e. The van der Waals surface area contributed by atoms with Crippen molar-refractivity contribution < 1.29 is 0 Å². The molecule has 0 radical (unpaired) electrons. The normalized spacial score (nSPS) is 18.1. The quantitative estimate of drug-likeness (QED) is 0.136. The zero-order valence-corrected chi connectivity index (χ0v) is 38.7. The molecule has 66 heavy (non-hydrogen) atoms. The topological polar surface area (TPSA) is 77.3 Å². The van der Waals surface area contributed by atoms with Gasteiger partial charge in [-0.25, -0.2) is 24.9 Å². The highest BCUT2D eigenvalue weighted by atomic mass is 15.0. The SMILES string of the molecule is c1cc(-c2cnc(-c3cc(-c4cc(C5CCCCC5)cc(C5CCCCC5)c4)cc(-c4nc(-c5ccc(C6CCCCC6)cc5)nc(-c5ccc(C6CCCCC6)cc5)n4)c3)nc2)ccn1. The first kappa shape index (κ1) is 42.7. The van der Waals surface area contributed by atoms with Crippen LogP contribution in [0.2, 0.25) is 0 Å². The lowest BCUT2D eigenvalue weighted by molar-refractivity contribution is 0.435. The minimum Gasteiger partial charge on any atom is -0.265 e. The Balaban J connectivity index is 1.05. The van der Waals surface area contributed by atoms with E-state index in [0.29, 0.717) is 47.0 Å². The van der Waals surface area contributed by atoms with Crippen molar-refractivity contribution in [2.24, 2.45) is 0 Å². The van der Waals surface area contributed by atoms with E-state index in [9.17, 15) is 0 Å². The first-order chi connectivity index (χ1) is 32.7. The fourth-order valence-corrected chi connectivity index (χ4v) is 11.9. The van der Waals surface area contributed by atoms with Crippen molar-refractivity contribution in [2.45, 2.75) is 152 Å². The van der Waals surface area contributed by atoms with E-state index >= 15 is 0 Å². The number of hydrogen-bond donors (Lipinski definition) is 0. The third kappa shape index (κ3) is 9.66. The predicted molar refractivity (Wildman–Crippen MR) is 269 cm³/mol. The number of benzene rings is 4. The first-order valence-electron chi connectivity index (χ1n) is 25.7. The van der Waals surface area contributed by atoms with Crippen LogP contribution < -0.4 is 0 Å². The highest BCUT2D eigenvalue weighted by molar-refractivity contribution is 5.79. The molecule has 334 valence electrons. The molecule has 4 aliphatic carbocycles. The molecule has 3 heterocycles. The van der Waals surface area contributed by atoms with E-state index in [1.54, 1.807) is 0 Å². The minimum atomic E-state index is 0.607. The van der Waals surface area contributed by atoms with Crippen molar-refractivity contribution in [2.75, 3.05) is 0 Å². The largest absolute Gasteiger partial charge is 0.265 e. The molecular weight excluding hydrogens is 805 g/mol. The summed E-state index contributed by atoms with van der Waals surface area (Å²) in [4.78, 5) is 30.3. The molecule has 3 aromatic heterocycles. The van der Waals surface area contributed by atoms with Crippen LogP contribution in [0, 0.1) is 0 Å². The monoisotopic (exact) mass is 869 g/mol. The Hall–Kier alpha value is -5.88. The molecule has 0 amide bonds. The summed E-state index contributed by atoms with van der Waals surface area (Å²) < 4.78 is 0. The van der Waals surface area contributed by atoms with Crippen LogP contribution in [0.5, 0.6) is 0 Å². The summed E-state index contributed by atoms with van der Waals surface area (Å²) >= 11 is 0. The maximum atomic E-state index is 5.37. The van der Waals surface area contributed by atoms with E-state index < -0.39 is 0 Å². The summed E-state index contributed by atoms with van der Waals surface area (Å²) in [6.45, 7) is 0. The molecule has 0 spiro atoms. The van der Waals surface area contributed by atoms with Crippen LogP contribution in [0.4, 0.5) is 0 Å². The van der Waals surface area contributed by atoms with E-state index in [2.05, 4.69) is 89.9 Å². The fraction of sp³-hybridized carbons (Fsp3) is 0.400. The molecule has 7 aromatic rings. The van der Waals surface area contributed by atoms with Crippen molar-refractivity contribution >= 4 is 0 Å². The molecule has 0 N–H and O–H groups in total. The van der Waals surface area contributed by atoms with Gasteiger partial charge in [-0.1, -0.05) is 144 Å². The van der Waals surface area contributed by atoms with E-state index in [-0.39, 0.29) is 0 Å². The van der Waals surface area contributed by atoms with Crippen molar-refractivity contribution in [3.05, 3.63) is 144 Å². The van der Waals surface area contributed by atoms with Crippen molar-refractivity contribution in [1.29, 1.82) is 0 Å². The number of nitrogens with zero attached hydrogens (tertiary/aromatic N) is 6.